The molecular weight excluding hydrogens is 304 g/mol. The second-order valence-corrected chi connectivity index (χ2v) is 4.83. The van der Waals surface area contributed by atoms with Crippen LogP contribution < -0.4 is 5.63 Å². The van der Waals surface area contributed by atoms with E-state index in [-0.39, 0.29) is 17.8 Å². The molecule has 1 aromatic carbocycles. The van der Waals surface area contributed by atoms with Crippen molar-refractivity contribution in [3.63, 3.8) is 0 Å². The zero-order valence-corrected chi connectivity index (χ0v) is 12.5. The molecule has 0 radical (unpaired) electrons. The van der Waals surface area contributed by atoms with Gasteiger partial charge < -0.3 is 14.3 Å². The van der Waals surface area contributed by atoms with Gasteiger partial charge in [0.15, 0.2) is 11.4 Å². The first-order valence-electron chi connectivity index (χ1n) is 6.84. The maximum atomic E-state index is 12.3. The Morgan fingerprint density at radius 2 is 1.96 bits per heavy atom. The number of carbonyl (C=O) groups is 3. The van der Waals surface area contributed by atoms with Gasteiger partial charge in [-0.05, 0) is 31.5 Å². The molecule has 0 aliphatic rings. The lowest BCUT2D eigenvalue weighted by atomic mass is 10.0. The van der Waals surface area contributed by atoms with Gasteiger partial charge in [-0.2, -0.15) is 0 Å². The molecule has 2 aromatic rings. The molecule has 7 nitrogen and oxygen atoms in total. The van der Waals surface area contributed by atoms with Gasteiger partial charge in [0.2, 0.25) is 5.78 Å². The summed E-state index contributed by atoms with van der Waals surface area (Å²) >= 11 is 0. The summed E-state index contributed by atoms with van der Waals surface area (Å²) in [6.07, 6.45) is -0.789. The summed E-state index contributed by atoms with van der Waals surface area (Å²) in [5.41, 5.74) is -0.550. The molecule has 120 valence electrons. The third-order valence-electron chi connectivity index (χ3n) is 3.20. The van der Waals surface area contributed by atoms with Crippen LogP contribution in [0, 0.1) is 6.92 Å². The highest BCUT2D eigenvalue weighted by Gasteiger charge is 2.25. The molecule has 0 saturated heterocycles. The number of ether oxygens (including phenoxy) is 1. The summed E-state index contributed by atoms with van der Waals surface area (Å²) in [4.78, 5) is 46.7. The second-order valence-electron chi connectivity index (χ2n) is 4.83. The Morgan fingerprint density at radius 1 is 1.26 bits per heavy atom. The number of hydrogen-bond donors (Lipinski definition) is 1. The molecule has 1 N–H and O–H groups in total. The van der Waals surface area contributed by atoms with Crippen molar-refractivity contribution in [2.75, 3.05) is 6.61 Å². The first-order valence-corrected chi connectivity index (χ1v) is 6.84. The van der Waals surface area contributed by atoms with Crippen molar-refractivity contribution in [1.82, 2.24) is 0 Å². The number of aromatic hydroxyl groups is 1. The van der Waals surface area contributed by atoms with E-state index in [2.05, 4.69) is 4.74 Å². The van der Waals surface area contributed by atoms with Crippen LogP contribution in [0.2, 0.25) is 0 Å². The average molecular weight is 318 g/mol. The number of esters is 1. The van der Waals surface area contributed by atoms with Crippen molar-refractivity contribution >= 4 is 28.5 Å². The normalized spacial score (nSPS) is 10.5. The molecule has 0 fully saturated rings. The molecule has 0 unspecified atom stereocenters. The van der Waals surface area contributed by atoms with E-state index in [1.807, 2.05) is 0 Å². The van der Waals surface area contributed by atoms with Gasteiger partial charge in [0, 0.05) is 11.5 Å². The van der Waals surface area contributed by atoms with Crippen LogP contribution in [0.15, 0.2) is 27.4 Å². The van der Waals surface area contributed by atoms with Gasteiger partial charge in [0.05, 0.1) is 13.0 Å². The van der Waals surface area contributed by atoms with Crippen LogP contribution in [-0.2, 0) is 14.3 Å². The Bertz CT molecular complexity index is 861. The molecule has 1 aromatic heterocycles. The highest BCUT2D eigenvalue weighted by Crippen LogP contribution is 2.29. The molecule has 0 aliphatic heterocycles. The van der Waals surface area contributed by atoms with E-state index in [9.17, 15) is 24.3 Å². The number of rotatable bonds is 5. The quantitative estimate of drug-likeness (QED) is 0.292. The molecule has 0 bridgehead atoms. The van der Waals surface area contributed by atoms with E-state index in [0.717, 1.165) is 0 Å². The minimum absolute atomic E-state index is 0.00630. The van der Waals surface area contributed by atoms with Crippen molar-refractivity contribution in [2.24, 2.45) is 0 Å². The standard InChI is InChI=1S/C16H14O7/c1-3-22-16(21)12(19)7-11(18)14-10(17)5-4-9-8(2)6-13(20)23-15(9)14/h4-6,17H,3,7H2,1-2H3. The Labute approximate surface area is 130 Å². The fourth-order valence-electron chi connectivity index (χ4n) is 2.16. The van der Waals surface area contributed by atoms with E-state index < -0.39 is 35.3 Å². The van der Waals surface area contributed by atoms with E-state index in [1.165, 1.54) is 25.1 Å². The van der Waals surface area contributed by atoms with Gasteiger partial charge in [0.1, 0.15) is 11.3 Å². The minimum atomic E-state index is -1.13. The maximum Gasteiger partial charge on any atom is 0.375 e. The first-order chi connectivity index (χ1) is 10.8. The molecule has 0 atom stereocenters. The Kier molecular flexibility index (Phi) is 4.59. The SMILES string of the molecule is CCOC(=O)C(=O)CC(=O)c1c(O)ccc2c(C)cc(=O)oc12. The van der Waals surface area contributed by atoms with Crippen LogP contribution >= 0.6 is 0 Å². The van der Waals surface area contributed by atoms with Crippen molar-refractivity contribution < 1.29 is 28.6 Å². The summed E-state index contributed by atoms with van der Waals surface area (Å²) in [7, 11) is 0. The average Bonchev–Trinajstić information content (AvgIpc) is 2.46. The zero-order chi connectivity index (χ0) is 17.1. The van der Waals surface area contributed by atoms with Crippen LogP contribution in [0.5, 0.6) is 5.75 Å². The summed E-state index contributed by atoms with van der Waals surface area (Å²) in [6.45, 7) is 3.18. The molecule has 0 spiro atoms. The zero-order valence-electron chi connectivity index (χ0n) is 12.5. The summed E-state index contributed by atoms with van der Waals surface area (Å²) in [5, 5.41) is 10.4. The predicted octanol–water partition coefficient (Wildman–Crippen LogP) is 1.51. The molecule has 23 heavy (non-hydrogen) atoms. The number of ketones is 2. The maximum absolute atomic E-state index is 12.3. The van der Waals surface area contributed by atoms with Crippen LogP contribution in [0.25, 0.3) is 11.0 Å². The number of hydrogen-bond acceptors (Lipinski definition) is 7. The van der Waals surface area contributed by atoms with E-state index in [0.29, 0.717) is 10.9 Å². The molecule has 1 heterocycles. The highest BCUT2D eigenvalue weighted by atomic mass is 16.5. The number of fused-ring (bicyclic) bond motifs is 1. The topological polar surface area (TPSA) is 111 Å². The lowest BCUT2D eigenvalue weighted by Crippen LogP contribution is -2.21. The van der Waals surface area contributed by atoms with Gasteiger partial charge in [-0.25, -0.2) is 9.59 Å². The fourth-order valence-corrected chi connectivity index (χ4v) is 2.16. The number of benzene rings is 1. The largest absolute Gasteiger partial charge is 0.507 e. The van der Waals surface area contributed by atoms with E-state index in [1.54, 1.807) is 6.92 Å². The van der Waals surface area contributed by atoms with Crippen molar-refractivity contribution in [3.8, 4) is 5.75 Å². The highest BCUT2D eigenvalue weighted by molar-refractivity contribution is 6.38. The predicted molar refractivity (Wildman–Crippen MR) is 79.5 cm³/mol. The monoisotopic (exact) mass is 318 g/mol. The fraction of sp³-hybridized carbons (Fsp3) is 0.250. The third-order valence-corrected chi connectivity index (χ3v) is 3.20. The Morgan fingerprint density at radius 3 is 2.61 bits per heavy atom. The van der Waals surface area contributed by atoms with Gasteiger partial charge in [-0.1, -0.05) is 0 Å². The van der Waals surface area contributed by atoms with Crippen LogP contribution in [0.3, 0.4) is 0 Å². The van der Waals surface area contributed by atoms with Gasteiger partial charge in [-0.15, -0.1) is 0 Å². The van der Waals surface area contributed by atoms with Crippen LogP contribution in [-0.4, -0.2) is 29.2 Å². The van der Waals surface area contributed by atoms with Crippen LogP contribution in [0.1, 0.15) is 29.3 Å². The number of aryl methyl sites for hydroxylation is 1. The minimum Gasteiger partial charge on any atom is -0.507 e. The summed E-state index contributed by atoms with van der Waals surface area (Å²) in [5.74, 6) is -3.44. The van der Waals surface area contributed by atoms with Crippen molar-refractivity contribution in [1.29, 1.82) is 0 Å². The van der Waals surface area contributed by atoms with Gasteiger partial charge in [-0.3, -0.25) is 9.59 Å². The molecule has 2 rings (SSSR count). The Balaban J connectivity index is 2.48. The Hall–Kier alpha value is -2.96. The van der Waals surface area contributed by atoms with Crippen molar-refractivity contribution in [3.05, 3.63) is 39.7 Å². The third kappa shape index (κ3) is 3.28. The smallest absolute Gasteiger partial charge is 0.375 e. The summed E-state index contributed by atoms with van der Waals surface area (Å²) < 4.78 is 9.52. The molecule has 0 amide bonds. The second kappa shape index (κ2) is 6.43. The molecular formula is C16H14O7. The molecule has 7 heteroatoms. The summed E-state index contributed by atoms with van der Waals surface area (Å²) in [6, 6.07) is 4.00. The number of Topliss-reactive ketones (excluding diaryl/α,β-unsaturated/α-hetero) is 2. The molecule has 0 saturated carbocycles. The van der Waals surface area contributed by atoms with E-state index in [4.69, 9.17) is 4.42 Å². The van der Waals surface area contributed by atoms with Gasteiger partial charge >= 0.3 is 11.6 Å². The van der Waals surface area contributed by atoms with Gasteiger partial charge in [0.25, 0.3) is 0 Å². The lowest BCUT2D eigenvalue weighted by molar-refractivity contribution is -0.153. The van der Waals surface area contributed by atoms with Crippen LogP contribution in [0.4, 0.5) is 0 Å². The first kappa shape index (κ1) is 16.4. The molecule has 0 aliphatic carbocycles. The lowest BCUT2D eigenvalue weighted by Gasteiger charge is -2.08. The number of phenolic OH excluding ortho intramolecular Hbond substituents is 1. The van der Waals surface area contributed by atoms with Crippen molar-refractivity contribution in [2.45, 2.75) is 20.3 Å². The number of carbonyl (C=O) groups excluding carboxylic acids is 3. The number of phenols is 1. The van der Waals surface area contributed by atoms with E-state index >= 15 is 0 Å².